The van der Waals surface area contributed by atoms with Gasteiger partial charge in [-0.3, -0.25) is 9.59 Å². The van der Waals surface area contributed by atoms with Gasteiger partial charge in [0.1, 0.15) is 0 Å². The van der Waals surface area contributed by atoms with E-state index in [9.17, 15) is 14.7 Å². The van der Waals surface area contributed by atoms with Gasteiger partial charge in [-0.25, -0.2) is 0 Å². The van der Waals surface area contributed by atoms with Crippen LogP contribution in [-0.2, 0) is 9.59 Å². The van der Waals surface area contributed by atoms with Crippen molar-refractivity contribution in [2.75, 3.05) is 11.9 Å². The van der Waals surface area contributed by atoms with Gasteiger partial charge in [-0.1, -0.05) is 37.0 Å². The molecule has 2 rings (SSSR count). The maximum Gasteiger partial charge on any atom is 0.313 e. The number of carbonyl (C=O) groups excluding carboxylic acids is 2. The Balaban J connectivity index is 2.03. The van der Waals surface area contributed by atoms with Gasteiger partial charge >= 0.3 is 11.8 Å². The van der Waals surface area contributed by atoms with Crippen LogP contribution < -0.4 is 10.6 Å². The predicted molar refractivity (Wildman–Crippen MR) is 94.9 cm³/mol. The third-order valence-electron chi connectivity index (χ3n) is 4.83. The van der Waals surface area contributed by atoms with Gasteiger partial charge < -0.3 is 15.7 Å². The van der Waals surface area contributed by atoms with Gasteiger partial charge in [-0.05, 0) is 44.7 Å². The fourth-order valence-corrected chi connectivity index (χ4v) is 3.57. The van der Waals surface area contributed by atoms with Crippen molar-refractivity contribution in [3.8, 4) is 0 Å². The lowest BCUT2D eigenvalue weighted by atomic mass is 9.95. The highest BCUT2D eigenvalue weighted by atomic mass is 16.3. The first kappa shape index (κ1) is 18.5. The number of rotatable bonds is 3. The quantitative estimate of drug-likeness (QED) is 0.588. The molecule has 2 atom stereocenters. The SMILES string of the molecule is Cc1cc(C)c(NC(=O)C(=O)NC2CCCCCC2CO)c(C)c1. The number of nitrogens with one attached hydrogen (secondary N) is 2. The van der Waals surface area contributed by atoms with E-state index < -0.39 is 11.8 Å². The van der Waals surface area contributed by atoms with Crippen LogP contribution >= 0.6 is 0 Å². The van der Waals surface area contributed by atoms with Crippen molar-refractivity contribution in [1.29, 1.82) is 0 Å². The summed E-state index contributed by atoms with van der Waals surface area (Å²) in [4.78, 5) is 24.5. The highest BCUT2D eigenvalue weighted by Gasteiger charge is 2.27. The molecule has 132 valence electrons. The molecule has 0 radical (unpaired) electrons. The molecule has 1 aromatic rings. The molecule has 0 saturated heterocycles. The third kappa shape index (κ3) is 4.57. The van der Waals surface area contributed by atoms with Gasteiger partial charge in [0.05, 0.1) is 0 Å². The van der Waals surface area contributed by atoms with E-state index in [1.165, 1.54) is 0 Å². The molecule has 5 heteroatoms. The summed E-state index contributed by atoms with van der Waals surface area (Å²) in [6.45, 7) is 5.88. The second-order valence-electron chi connectivity index (χ2n) is 6.89. The summed E-state index contributed by atoms with van der Waals surface area (Å²) in [5.41, 5.74) is 3.70. The highest BCUT2D eigenvalue weighted by molar-refractivity contribution is 6.39. The van der Waals surface area contributed by atoms with Gasteiger partial charge in [0.2, 0.25) is 0 Å². The molecular weight excluding hydrogens is 304 g/mol. The summed E-state index contributed by atoms with van der Waals surface area (Å²) in [5, 5.41) is 15.1. The van der Waals surface area contributed by atoms with E-state index in [4.69, 9.17) is 0 Å². The predicted octanol–water partition coefficient (Wildman–Crippen LogP) is 2.61. The van der Waals surface area contributed by atoms with E-state index in [1.54, 1.807) is 0 Å². The zero-order chi connectivity index (χ0) is 17.7. The van der Waals surface area contributed by atoms with Crippen LogP contribution in [0.15, 0.2) is 12.1 Å². The largest absolute Gasteiger partial charge is 0.396 e. The molecule has 1 saturated carbocycles. The standard InChI is InChI=1S/C19H28N2O3/c1-12-9-13(2)17(14(3)10-12)21-19(24)18(23)20-16-8-6-4-5-7-15(16)11-22/h9-10,15-16,22H,4-8,11H2,1-3H3,(H,20,23)(H,21,24). The van der Waals surface area contributed by atoms with Crippen molar-refractivity contribution in [3.05, 3.63) is 28.8 Å². The number of anilines is 1. The highest BCUT2D eigenvalue weighted by Crippen LogP contribution is 2.24. The number of aliphatic hydroxyl groups excluding tert-OH is 1. The van der Waals surface area contributed by atoms with Gasteiger partial charge in [-0.15, -0.1) is 0 Å². The molecule has 0 aliphatic heterocycles. The lowest BCUT2D eigenvalue weighted by Gasteiger charge is -2.24. The zero-order valence-corrected chi connectivity index (χ0v) is 14.8. The molecule has 0 aromatic heterocycles. The molecule has 2 unspecified atom stereocenters. The topological polar surface area (TPSA) is 78.4 Å². The van der Waals surface area contributed by atoms with Gasteiger partial charge in [-0.2, -0.15) is 0 Å². The molecule has 0 heterocycles. The van der Waals surface area contributed by atoms with Crippen molar-refractivity contribution in [3.63, 3.8) is 0 Å². The van der Waals surface area contributed by atoms with Gasteiger partial charge in [0.25, 0.3) is 0 Å². The minimum atomic E-state index is -0.647. The van der Waals surface area contributed by atoms with Crippen LogP contribution in [0.5, 0.6) is 0 Å². The first-order valence-corrected chi connectivity index (χ1v) is 8.73. The Hall–Kier alpha value is -1.88. The smallest absolute Gasteiger partial charge is 0.313 e. The maximum absolute atomic E-state index is 12.3. The second-order valence-corrected chi connectivity index (χ2v) is 6.89. The van der Waals surface area contributed by atoms with Crippen LogP contribution in [-0.4, -0.2) is 29.6 Å². The van der Waals surface area contributed by atoms with Crippen LogP contribution in [0.4, 0.5) is 5.69 Å². The summed E-state index contributed by atoms with van der Waals surface area (Å²) in [6.07, 6.45) is 4.88. The van der Waals surface area contributed by atoms with Crippen molar-refractivity contribution in [1.82, 2.24) is 5.32 Å². The maximum atomic E-state index is 12.3. The van der Waals surface area contributed by atoms with E-state index in [1.807, 2.05) is 32.9 Å². The summed E-state index contributed by atoms with van der Waals surface area (Å²) >= 11 is 0. The van der Waals surface area contributed by atoms with Crippen LogP contribution in [0.25, 0.3) is 0 Å². The Morgan fingerprint density at radius 2 is 1.67 bits per heavy atom. The number of aryl methyl sites for hydroxylation is 3. The summed E-state index contributed by atoms with van der Waals surface area (Å²) < 4.78 is 0. The molecule has 1 fully saturated rings. The van der Waals surface area contributed by atoms with Gasteiger partial charge in [0.15, 0.2) is 0 Å². The Labute approximate surface area is 143 Å². The number of amides is 2. The number of hydrogen-bond donors (Lipinski definition) is 3. The molecule has 0 bridgehead atoms. The fourth-order valence-electron chi connectivity index (χ4n) is 3.57. The molecule has 24 heavy (non-hydrogen) atoms. The molecule has 2 amide bonds. The molecule has 1 aliphatic carbocycles. The number of hydrogen-bond acceptors (Lipinski definition) is 3. The average molecular weight is 332 g/mol. The van der Waals surface area contributed by atoms with Crippen molar-refractivity contribution in [2.45, 2.75) is 58.9 Å². The monoisotopic (exact) mass is 332 g/mol. The Bertz CT molecular complexity index is 590. The first-order chi connectivity index (χ1) is 11.4. The van der Waals surface area contributed by atoms with E-state index >= 15 is 0 Å². The van der Waals surface area contributed by atoms with Crippen LogP contribution in [0, 0.1) is 26.7 Å². The fraction of sp³-hybridized carbons (Fsp3) is 0.579. The summed E-state index contributed by atoms with van der Waals surface area (Å²) in [5.74, 6) is -1.24. The van der Waals surface area contributed by atoms with Crippen molar-refractivity contribution < 1.29 is 14.7 Å². The summed E-state index contributed by atoms with van der Waals surface area (Å²) in [6, 6.07) is 3.83. The number of benzene rings is 1. The average Bonchev–Trinajstić information content (AvgIpc) is 2.75. The van der Waals surface area contributed by atoms with Crippen LogP contribution in [0.2, 0.25) is 0 Å². The minimum absolute atomic E-state index is 0.0343. The molecule has 1 aliphatic rings. The van der Waals surface area contributed by atoms with Crippen molar-refractivity contribution >= 4 is 17.5 Å². The van der Waals surface area contributed by atoms with Crippen LogP contribution in [0.1, 0.15) is 48.8 Å². The lowest BCUT2D eigenvalue weighted by Crippen LogP contribution is -2.46. The molecule has 3 N–H and O–H groups in total. The zero-order valence-electron chi connectivity index (χ0n) is 14.8. The van der Waals surface area contributed by atoms with E-state index in [0.717, 1.165) is 48.8 Å². The Morgan fingerprint density at radius 3 is 2.29 bits per heavy atom. The minimum Gasteiger partial charge on any atom is -0.396 e. The third-order valence-corrected chi connectivity index (χ3v) is 4.83. The molecule has 5 nitrogen and oxygen atoms in total. The summed E-state index contributed by atoms with van der Waals surface area (Å²) in [7, 11) is 0. The van der Waals surface area contributed by atoms with E-state index in [0.29, 0.717) is 5.69 Å². The first-order valence-electron chi connectivity index (χ1n) is 8.73. The van der Waals surface area contributed by atoms with E-state index in [2.05, 4.69) is 10.6 Å². The van der Waals surface area contributed by atoms with Gasteiger partial charge in [0, 0.05) is 24.3 Å². The van der Waals surface area contributed by atoms with E-state index in [-0.39, 0.29) is 18.6 Å². The molecule has 0 spiro atoms. The van der Waals surface area contributed by atoms with Crippen molar-refractivity contribution in [2.24, 2.45) is 5.92 Å². The second kappa shape index (κ2) is 8.29. The number of aliphatic hydroxyl groups is 1. The Kier molecular flexibility index (Phi) is 6.37. The lowest BCUT2D eigenvalue weighted by molar-refractivity contribution is -0.137. The normalized spacial score (nSPS) is 21.0. The molecule has 1 aromatic carbocycles. The van der Waals surface area contributed by atoms with Crippen LogP contribution in [0.3, 0.4) is 0 Å². The Morgan fingerprint density at radius 1 is 1.04 bits per heavy atom. The number of carbonyl (C=O) groups is 2. The molecular formula is C19H28N2O3.